The number of aryl methyl sites for hydroxylation is 1. The maximum absolute atomic E-state index is 11.7. The van der Waals surface area contributed by atoms with Crippen LogP contribution in [0.3, 0.4) is 0 Å². The van der Waals surface area contributed by atoms with Crippen LogP contribution < -0.4 is 5.32 Å². The van der Waals surface area contributed by atoms with Crippen LogP contribution in [0.2, 0.25) is 0 Å². The zero-order valence-corrected chi connectivity index (χ0v) is 13.7. The van der Waals surface area contributed by atoms with Crippen LogP contribution in [0.15, 0.2) is 28.8 Å². The van der Waals surface area contributed by atoms with Gasteiger partial charge in [-0.05, 0) is 18.4 Å². The first-order valence-corrected chi connectivity index (χ1v) is 7.82. The van der Waals surface area contributed by atoms with Gasteiger partial charge < -0.3 is 14.9 Å². The van der Waals surface area contributed by atoms with Crippen molar-refractivity contribution in [3.8, 4) is 11.4 Å². The minimum atomic E-state index is -0.250. The zero-order valence-electron chi connectivity index (χ0n) is 13.7. The van der Waals surface area contributed by atoms with Gasteiger partial charge in [0.2, 0.25) is 17.6 Å². The Bertz CT molecular complexity index is 635. The van der Waals surface area contributed by atoms with Crippen molar-refractivity contribution in [1.29, 1.82) is 0 Å². The second kappa shape index (κ2) is 7.87. The summed E-state index contributed by atoms with van der Waals surface area (Å²) in [5, 5.41) is 15.5. The van der Waals surface area contributed by atoms with Gasteiger partial charge in [-0.25, -0.2) is 0 Å². The Hall–Kier alpha value is -2.21. The third-order valence-electron chi connectivity index (χ3n) is 3.55. The molecule has 2 rings (SSSR count). The molecule has 0 bridgehead atoms. The summed E-state index contributed by atoms with van der Waals surface area (Å²) in [7, 11) is 0. The highest BCUT2D eigenvalue weighted by Crippen LogP contribution is 2.20. The number of benzene rings is 1. The molecule has 1 unspecified atom stereocenters. The summed E-state index contributed by atoms with van der Waals surface area (Å²) in [4.78, 5) is 16.0. The van der Waals surface area contributed by atoms with Gasteiger partial charge in [-0.2, -0.15) is 4.98 Å². The minimum absolute atomic E-state index is 0.0805. The molecule has 6 heteroatoms. The maximum Gasteiger partial charge on any atom is 0.227 e. The standard InChI is InChI=1S/C17H23N3O3/c1-11(2)13-4-6-14(7-5-13)17-19-16(23-20-17)9-8-15(22)18-12(3)10-21/h4-7,11-12,21H,8-10H2,1-3H3,(H,18,22). The highest BCUT2D eigenvalue weighted by molar-refractivity contribution is 5.76. The van der Waals surface area contributed by atoms with E-state index in [1.165, 1.54) is 5.56 Å². The summed E-state index contributed by atoms with van der Waals surface area (Å²) >= 11 is 0. The highest BCUT2D eigenvalue weighted by Gasteiger charge is 2.12. The van der Waals surface area contributed by atoms with Gasteiger partial charge in [0.1, 0.15) is 0 Å². The first-order valence-electron chi connectivity index (χ1n) is 7.82. The molecule has 1 aromatic carbocycles. The number of nitrogens with one attached hydrogen (secondary N) is 1. The molecule has 0 aliphatic rings. The number of aliphatic hydroxyl groups is 1. The SMILES string of the molecule is CC(CO)NC(=O)CCc1nc(-c2ccc(C(C)C)cc2)no1. The maximum atomic E-state index is 11.7. The van der Waals surface area contributed by atoms with Gasteiger partial charge in [0.25, 0.3) is 0 Å². The van der Waals surface area contributed by atoms with E-state index in [1.807, 2.05) is 12.1 Å². The van der Waals surface area contributed by atoms with Gasteiger partial charge in [0.05, 0.1) is 6.61 Å². The third-order valence-corrected chi connectivity index (χ3v) is 3.55. The fraction of sp³-hybridized carbons (Fsp3) is 0.471. The van der Waals surface area contributed by atoms with E-state index < -0.39 is 0 Å². The zero-order chi connectivity index (χ0) is 16.8. The lowest BCUT2D eigenvalue weighted by atomic mass is 10.0. The molecule has 1 heterocycles. The van der Waals surface area contributed by atoms with Gasteiger partial charge in [-0.1, -0.05) is 43.3 Å². The van der Waals surface area contributed by atoms with Gasteiger partial charge in [0.15, 0.2) is 0 Å². The fourth-order valence-corrected chi connectivity index (χ4v) is 2.10. The van der Waals surface area contributed by atoms with Crippen LogP contribution in [0.4, 0.5) is 0 Å². The number of hydrogen-bond acceptors (Lipinski definition) is 5. The molecule has 0 aliphatic heterocycles. The van der Waals surface area contributed by atoms with Crippen molar-refractivity contribution in [2.45, 2.75) is 45.6 Å². The first-order chi connectivity index (χ1) is 11.0. The van der Waals surface area contributed by atoms with Crippen LogP contribution in [-0.2, 0) is 11.2 Å². The Labute approximate surface area is 135 Å². The summed E-state index contributed by atoms with van der Waals surface area (Å²) in [5.41, 5.74) is 2.15. The monoisotopic (exact) mass is 317 g/mol. The Morgan fingerprint density at radius 2 is 1.96 bits per heavy atom. The van der Waals surface area contributed by atoms with Crippen molar-refractivity contribution in [2.75, 3.05) is 6.61 Å². The Kier molecular flexibility index (Phi) is 5.87. The second-order valence-corrected chi connectivity index (χ2v) is 5.94. The van der Waals surface area contributed by atoms with Gasteiger partial charge in [-0.15, -0.1) is 0 Å². The third kappa shape index (κ3) is 4.89. The molecule has 1 amide bonds. The van der Waals surface area contributed by atoms with Crippen LogP contribution in [-0.4, -0.2) is 33.8 Å². The van der Waals surface area contributed by atoms with Crippen LogP contribution in [0, 0.1) is 0 Å². The average molecular weight is 317 g/mol. The number of carbonyl (C=O) groups is 1. The highest BCUT2D eigenvalue weighted by atomic mass is 16.5. The van der Waals surface area contributed by atoms with Gasteiger partial charge >= 0.3 is 0 Å². The number of aromatic nitrogens is 2. The summed E-state index contributed by atoms with van der Waals surface area (Å²) in [6.45, 7) is 5.95. The van der Waals surface area contributed by atoms with Crippen molar-refractivity contribution in [3.05, 3.63) is 35.7 Å². The summed E-state index contributed by atoms with van der Waals surface area (Å²) < 4.78 is 5.19. The van der Waals surface area contributed by atoms with Crippen molar-refractivity contribution >= 4 is 5.91 Å². The molecule has 0 saturated carbocycles. The quantitative estimate of drug-likeness (QED) is 0.818. The largest absolute Gasteiger partial charge is 0.394 e. The second-order valence-electron chi connectivity index (χ2n) is 5.94. The molecule has 6 nitrogen and oxygen atoms in total. The number of aliphatic hydroxyl groups excluding tert-OH is 1. The molecule has 1 atom stereocenters. The Morgan fingerprint density at radius 1 is 1.26 bits per heavy atom. The van der Waals surface area contributed by atoms with Crippen molar-refractivity contribution in [1.82, 2.24) is 15.5 Å². The van der Waals surface area contributed by atoms with E-state index in [0.29, 0.717) is 24.1 Å². The summed E-state index contributed by atoms with van der Waals surface area (Å²) in [5.74, 6) is 1.29. The topological polar surface area (TPSA) is 88.2 Å². The van der Waals surface area contributed by atoms with Crippen LogP contribution in [0.1, 0.15) is 44.6 Å². The molecule has 124 valence electrons. The van der Waals surface area contributed by atoms with E-state index in [1.54, 1.807) is 6.92 Å². The van der Waals surface area contributed by atoms with Crippen LogP contribution >= 0.6 is 0 Å². The predicted octanol–water partition coefficient (Wildman–Crippen LogP) is 2.29. The van der Waals surface area contributed by atoms with E-state index in [0.717, 1.165) is 5.56 Å². The molecule has 0 fully saturated rings. The number of rotatable bonds is 7. The molecule has 2 N–H and O–H groups in total. The van der Waals surface area contributed by atoms with Crippen molar-refractivity contribution in [2.24, 2.45) is 0 Å². The lowest BCUT2D eigenvalue weighted by molar-refractivity contribution is -0.122. The minimum Gasteiger partial charge on any atom is -0.394 e. The summed E-state index contributed by atoms with van der Waals surface area (Å²) in [6.07, 6.45) is 0.624. The number of amides is 1. The molecule has 2 aromatic rings. The van der Waals surface area contributed by atoms with E-state index in [9.17, 15) is 4.79 Å². The lowest BCUT2D eigenvalue weighted by Gasteiger charge is -2.09. The normalized spacial score (nSPS) is 12.4. The Balaban J connectivity index is 1.94. The molecule has 23 heavy (non-hydrogen) atoms. The van der Waals surface area contributed by atoms with E-state index in [2.05, 4.69) is 41.4 Å². The van der Waals surface area contributed by atoms with Crippen LogP contribution in [0.5, 0.6) is 0 Å². The number of hydrogen-bond donors (Lipinski definition) is 2. The van der Waals surface area contributed by atoms with E-state index in [4.69, 9.17) is 9.63 Å². The van der Waals surface area contributed by atoms with Crippen molar-refractivity contribution < 1.29 is 14.4 Å². The fourth-order valence-electron chi connectivity index (χ4n) is 2.10. The predicted molar refractivity (Wildman–Crippen MR) is 86.8 cm³/mol. The van der Waals surface area contributed by atoms with E-state index in [-0.39, 0.29) is 25.0 Å². The molecular formula is C17H23N3O3. The molecule has 0 saturated heterocycles. The molecular weight excluding hydrogens is 294 g/mol. The average Bonchev–Trinajstić information content (AvgIpc) is 3.02. The lowest BCUT2D eigenvalue weighted by Crippen LogP contribution is -2.35. The van der Waals surface area contributed by atoms with Gasteiger partial charge in [0, 0.05) is 24.4 Å². The Morgan fingerprint density at radius 3 is 2.57 bits per heavy atom. The van der Waals surface area contributed by atoms with Crippen LogP contribution in [0.25, 0.3) is 11.4 Å². The molecule has 1 aromatic heterocycles. The summed E-state index contributed by atoms with van der Waals surface area (Å²) in [6, 6.07) is 7.80. The van der Waals surface area contributed by atoms with Gasteiger partial charge in [-0.3, -0.25) is 4.79 Å². The van der Waals surface area contributed by atoms with E-state index >= 15 is 0 Å². The molecule has 0 spiro atoms. The number of nitrogens with zero attached hydrogens (tertiary/aromatic N) is 2. The molecule has 0 aliphatic carbocycles. The smallest absolute Gasteiger partial charge is 0.227 e. The van der Waals surface area contributed by atoms with Crippen molar-refractivity contribution in [3.63, 3.8) is 0 Å². The first kappa shape index (κ1) is 17.1. The number of carbonyl (C=O) groups excluding carboxylic acids is 1. The molecule has 0 radical (unpaired) electrons.